The van der Waals surface area contributed by atoms with Crippen molar-refractivity contribution < 1.29 is 18.0 Å². The number of hydrogen-bond acceptors (Lipinski definition) is 3. The summed E-state index contributed by atoms with van der Waals surface area (Å²) in [6.45, 7) is 3.50. The monoisotopic (exact) mass is 453 g/mol. The number of hydrogen-bond donors (Lipinski definition) is 2. The van der Waals surface area contributed by atoms with E-state index in [2.05, 4.69) is 15.3 Å². The average Bonchev–Trinajstić information content (AvgIpc) is 3.02. The summed E-state index contributed by atoms with van der Waals surface area (Å²) >= 11 is 6.82. The van der Waals surface area contributed by atoms with Crippen LogP contribution in [0, 0.1) is 6.92 Å². The molecule has 1 atom stereocenters. The number of halogens is 4. The zero-order chi connectivity index (χ0) is 21.9. The number of imidazole rings is 1. The molecule has 9 heteroatoms. The molecule has 158 valence electrons. The number of anilines is 1. The summed E-state index contributed by atoms with van der Waals surface area (Å²) in [5.74, 6) is -0.563. The summed E-state index contributed by atoms with van der Waals surface area (Å²) in [6, 6.07) is 13.1. The Balaban J connectivity index is 1.69. The lowest BCUT2D eigenvalue weighted by Gasteiger charge is -2.16. The Hall–Kier alpha value is -2.45. The van der Waals surface area contributed by atoms with Crippen LogP contribution in [0.5, 0.6) is 0 Å². The minimum Gasteiger partial charge on any atom is -0.337 e. The molecule has 0 aliphatic carbocycles. The van der Waals surface area contributed by atoms with Crippen molar-refractivity contribution in [3.8, 4) is 0 Å². The Morgan fingerprint density at radius 3 is 2.60 bits per heavy atom. The number of carbonyl (C=O) groups is 1. The maximum atomic E-state index is 13.2. The number of nitrogens with zero attached hydrogens (tertiary/aromatic N) is 1. The molecule has 0 spiro atoms. The molecule has 0 saturated carbocycles. The van der Waals surface area contributed by atoms with E-state index in [0.29, 0.717) is 11.6 Å². The Labute approximate surface area is 181 Å². The molecule has 2 aromatic carbocycles. The van der Waals surface area contributed by atoms with Crippen molar-refractivity contribution in [3.63, 3.8) is 0 Å². The number of aryl methyl sites for hydroxylation is 1. The molecule has 0 saturated heterocycles. The second kappa shape index (κ2) is 9.14. The smallest absolute Gasteiger partial charge is 0.337 e. The summed E-state index contributed by atoms with van der Waals surface area (Å²) in [5.41, 5.74) is 1.53. The molecule has 30 heavy (non-hydrogen) atoms. The third kappa shape index (κ3) is 5.58. The SMILES string of the molecule is Cc1[nH]c(SC(C)C(=O)Nc2ccc(Cl)cc2C(F)(F)F)nc1Cc1ccccc1. The van der Waals surface area contributed by atoms with Gasteiger partial charge in [0.25, 0.3) is 0 Å². The van der Waals surface area contributed by atoms with Crippen LogP contribution in [0.15, 0.2) is 53.7 Å². The first-order valence-electron chi connectivity index (χ1n) is 9.07. The van der Waals surface area contributed by atoms with Crippen LogP contribution < -0.4 is 5.32 Å². The maximum absolute atomic E-state index is 13.2. The second-order valence-electron chi connectivity index (χ2n) is 6.71. The van der Waals surface area contributed by atoms with Crippen LogP contribution in [0.2, 0.25) is 5.02 Å². The lowest BCUT2D eigenvalue weighted by Crippen LogP contribution is -2.24. The Morgan fingerprint density at radius 1 is 1.23 bits per heavy atom. The lowest BCUT2D eigenvalue weighted by atomic mass is 10.1. The molecule has 3 rings (SSSR count). The number of alkyl halides is 3. The zero-order valence-corrected chi connectivity index (χ0v) is 17.8. The molecule has 4 nitrogen and oxygen atoms in total. The van der Waals surface area contributed by atoms with Gasteiger partial charge in [-0.2, -0.15) is 13.2 Å². The molecule has 0 aliphatic heterocycles. The van der Waals surface area contributed by atoms with E-state index in [4.69, 9.17) is 11.6 Å². The Kier molecular flexibility index (Phi) is 6.77. The summed E-state index contributed by atoms with van der Waals surface area (Å²) in [4.78, 5) is 20.2. The van der Waals surface area contributed by atoms with Crippen LogP contribution in [0.3, 0.4) is 0 Å². The van der Waals surface area contributed by atoms with E-state index in [0.717, 1.165) is 40.8 Å². The number of thioether (sulfide) groups is 1. The fourth-order valence-corrected chi connectivity index (χ4v) is 3.85. The van der Waals surface area contributed by atoms with Gasteiger partial charge in [-0.3, -0.25) is 4.79 Å². The molecule has 1 heterocycles. The van der Waals surface area contributed by atoms with E-state index in [1.165, 1.54) is 6.07 Å². The Morgan fingerprint density at radius 2 is 1.93 bits per heavy atom. The fourth-order valence-electron chi connectivity index (χ4n) is 2.80. The summed E-state index contributed by atoms with van der Waals surface area (Å²) in [7, 11) is 0. The predicted molar refractivity (Wildman–Crippen MR) is 113 cm³/mol. The molecule has 2 N–H and O–H groups in total. The first-order valence-corrected chi connectivity index (χ1v) is 10.3. The summed E-state index contributed by atoms with van der Waals surface area (Å²) in [5, 5.41) is 2.16. The normalized spacial score (nSPS) is 12.6. The second-order valence-corrected chi connectivity index (χ2v) is 8.48. The van der Waals surface area contributed by atoms with Crippen LogP contribution in [0.25, 0.3) is 0 Å². The van der Waals surface area contributed by atoms with Crippen molar-refractivity contribution in [1.29, 1.82) is 0 Å². The van der Waals surface area contributed by atoms with E-state index in [1.54, 1.807) is 6.92 Å². The highest BCUT2D eigenvalue weighted by molar-refractivity contribution is 8.00. The summed E-state index contributed by atoms with van der Waals surface area (Å²) < 4.78 is 39.7. The van der Waals surface area contributed by atoms with Crippen LogP contribution >= 0.6 is 23.4 Å². The number of aromatic nitrogens is 2. The molecule has 1 unspecified atom stereocenters. The number of nitrogens with one attached hydrogen (secondary N) is 2. The van der Waals surface area contributed by atoms with Gasteiger partial charge in [0.2, 0.25) is 5.91 Å². The van der Waals surface area contributed by atoms with Gasteiger partial charge in [-0.15, -0.1) is 0 Å². The standard InChI is InChI=1S/C21H19ClF3N3OS/c1-12-18(10-14-6-4-3-5-7-14)28-20(26-12)30-13(2)19(29)27-17-9-8-15(22)11-16(17)21(23,24)25/h3-9,11,13H,10H2,1-2H3,(H,26,28)(H,27,29). The van der Waals surface area contributed by atoms with Gasteiger partial charge in [-0.1, -0.05) is 53.7 Å². The van der Waals surface area contributed by atoms with Gasteiger partial charge in [-0.25, -0.2) is 4.98 Å². The van der Waals surface area contributed by atoms with Gasteiger partial charge >= 0.3 is 6.18 Å². The maximum Gasteiger partial charge on any atom is 0.418 e. The quantitative estimate of drug-likeness (QED) is 0.443. The number of benzene rings is 2. The van der Waals surface area contributed by atoms with Crippen molar-refractivity contribution >= 4 is 35.0 Å². The topological polar surface area (TPSA) is 57.8 Å². The third-order valence-corrected chi connectivity index (χ3v) is 5.60. The molecular formula is C21H19ClF3N3OS. The molecule has 1 amide bonds. The first kappa shape index (κ1) is 22.2. The van der Waals surface area contributed by atoms with E-state index in [1.807, 2.05) is 37.3 Å². The Bertz CT molecular complexity index is 1040. The molecule has 0 radical (unpaired) electrons. The van der Waals surface area contributed by atoms with Crippen LogP contribution in [0.1, 0.15) is 29.4 Å². The van der Waals surface area contributed by atoms with Crippen molar-refractivity contribution in [1.82, 2.24) is 9.97 Å². The minimum atomic E-state index is -4.63. The van der Waals surface area contributed by atoms with Gasteiger partial charge in [0, 0.05) is 17.1 Å². The van der Waals surface area contributed by atoms with Gasteiger partial charge in [0.1, 0.15) is 0 Å². The van der Waals surface area contributed by atoms with E-state index in [9.17, 15) is 18.0 Å². The summed E-state index contributed by atoms with van der Waals surface area (Å²) in [6.07, 6.45) is -3.99. The van der Waals surface area contributed by atoms with E-state index < -0.39 is 22.9 Å². The third-order valence-electron chi connectivity index (χ3n) is 4.38. The minimum absolute atomic E-state index is 0.0558. The highest BCUT2D eigenvalue weighted by Crippen LogP contribution is 2.37. The highest BCUT2D eigenvalue weighted by Gasteiger charge is 2.34. The van der Waals surface area contributed by atoms with Crippen molar-refractivity contribution in [2.24, 2.45) is 0 Å². The molecule has 0 bridgehead atoms. The predicted octanol–water partition coefficient (Wildman–Crippen LogP) is 6.10. The molecule has 0 fully saturated rings. The largest absolute Gasteiger partial charge is 0.418 e. The van der Waals surface area contributed by atoms with Crippen LogP contribution in [-0.4, -0.2) is 21.1 Å². The van der Waals surface area contributed by atoms with Gasteiger partial charge < -0.3 is 10.3 Å². The number of rotatable bonds is 6. The fraction of sp³-hybridized carbons (Fsp3) is 0.238. The van der Waals surface area contributed by atoms with Crippen LogP contribution in [-0.2, 0) is 17.4 Å². The van der Waals surface area contributed by atoms with Crippen molar-refractivity contribution in [3.05, 3.63) is 76.1 Å². The molecule has 0 aliphatic rings. The van der Waals surface area contributed by atoms with Gasteiger partial charge in [-0.05, 0) is 37.6 Å². The van der Waals surface area contributed by atoms with Gasteiger partial charge in [0.05, 0.1) is 22.2 Å². The molecule has 1 aromatic heterocycles. The number of amides is 1. The number of carbonyl (C=O) groups excluding carboxylic acids is 1. The highest BCUT2D eigenvalue weighted by atomic mass is 35.5. The first-order chi connectivity index (χ1) is 14.1. The van der Waals surface area contributed by atoms with Crippen molar-refractivity contribution in [2.45, 2.75) is 36.9 Å². The lowest BCUT2D eigenvalue weighted by molar-refractivity contribution is -0.137. The number of H-pyrrole nitrogens is 1. The van der Waals surface area contributed by atoms with E-state index >= 15 is 0 Å². The van der Waals surface area contributed by atoms with Crippen molar-refractivity contribution in [2.75, 3.05) is 5.32 Å². The van der Waals surface area contributed by atoms with E-state index in [-0.39, 0.29) is 10.7 Å². The van der Waals surface area contributed by atoms with Gasteiger partial charge in [0.15, 0.2) is 5.16 Å². The molecular weight excluding hydrogens is 435 g/mol. The zero-order valence-electron chi connectivity index (χ0n) is 16.2. The molecule has 3 aromatic rings. The number of aromatic amines is 1. The average molecular weight is 454 g/mol. The van der Waals surface area contributed by atoms with Crippen LogP contribution in [0.4, 0.5) is 18.9 Å².